The van der Waals surface area contributed by atoms with Gasteiger partial charge in [0.15, 0.2) is 16.6 Å². The molecule has 0 saturated carbocycles. The van der Waals surface area contributed by atoms with Crippen LogP contribution in [0.25, 0.3) is 0 Å². The summed E-state index contributed by atoms with van der Waals surface area (Å²) < 4.78 is 16.9. The van der Waals surface area contributed by atoms with Crippen LogP contribution in [-0.4, -0.2) is 50.9 Å². The number of carbonyl (C=O) groups is 1. The van der Waals surface area contributed by atoms with E-state index < -0.39 is 0 Å². The highest BCUT2D eigenvalue weighted by Gasteiger charge is 2.32. The van der Waals surface area contributed by atoms with E-state index in [-0.39, 0.29) is 11.8 Å². The first-order valence-electron chi connectivity index (χ1n) is 9.99. The molecule has 3 heterocycles. The van der Waals surface area contributed by atoms with Crippen molar-refractivity contribution in [3.05, 3.63) is 28.6 Å². The van der Waals surface area contributed by atoms with Crippen LogP contribution >= 0.6 is 11.3 Å². The van der Waals surface area contributed by atoms with E-state index in [0.717, 1.165) is 34.4 Å². The Kier molecular flexibility index (Phi) is 5.91. The van der Waals surface area contributed by atoms with Crippen molar-refractivity contribution in [2.24, 2.45) is 5.92 Å². The average Bonchev–Trinajstić information content (AvgIpc) is 3.16. The van der Waals surface area contributed by atoms with Crippen molar-refractivity contribution >= 4 is 28.2 Å². The lowest BCUT2D eigenvalue weighted by atomic mass is 9.91. The van der Waals surface area contributed by atoms with Gasteiger partial charge in [0.2, 0.25) is 5.91 Å². The number of ether oxygens (including phenoxy) is 3. The predicted octanol–water partition coefficient (Wildman–Crippen LogP) is 3.50. The van der Waals surface area contributed by atoms with Gasteiger partial charge >= 0.3 is 0 Å². The minimum Gasteiger partial charge on any atom is -0.493 e. The second-order valence-electron chi connectivity index (χ2n) is 7.73. The molecule has 2 aliphatic heterocycles. The molecule has 2 aromatic rings. The third kappa shape index (κ3) is 4.33. The maximum atomic E-state index is 12.4. The molecule has 0 bridgehead atoms. The highest BCUT2D eigenvalue weighted by molar-refractivity contribution is 7.16. The zero-order valence-corrected chi connectivity index (χ0v) is 17.9. The summed E-state index contributed by atoms with van der Waals surface area (Å²) >= 11 is 1.65. The number of carbonyl (C=O) groups excluding carboxylic acids is 1. The Morgan fingerprint density at radius 3 is 2.83 bits per heavy atom. The molecular formula is C21H27N3O4S. The van der Waals surface area contributed by atoms with Gasteiger partial charge < -0.3 is 24.4 Å². The van der Waals surface area contributed by atoms with E-state index in [1.54, 1.807) is 18.4 Å². The first-order chi connectivity index (χ1) is 14.0. The van der Waals surface area contributed by atoms with Crippen molar-refractivity contribution < 1.29 is 19.0 Å². The molecule has 0 aliphatic carbocycles. The first kappa shape index (κ1) is 20.0. The Labute approximate surface area is 175 Å². The third-order valence-electron chi connectivity index (χ3n) is 5.05. The molecule has 1 fully saturated rings. The summed E-state index contributed by atoms with van der Waals surface area (Å²) in [5, 5.41) is 3.88. The number of fused-ring (bicyclic) bond motifs is 1. The Bertz CT molecular complexity index is 877. The van der Waals surface area contributed by atoms with Gasteiger partial charge in [-0.2, -0.15) is 0 Å². The summed E-state index contributed by atoms with van der Waals surface area (Å²) in [5.41, 5.74) is 1.03. The normalized spacial score (nSPS) is 19.1. The molecule has 1 aromatic heterocycles. The standard InChI is InChI=1S/C21H27N3O4S/c1-13(2)12-28-16-5-4-14(10-17(16)26-3)15-11-18(25)22-20-19(15)29-21(23-20)24-6-8-27-9-7-24/h4-5,10,13,15H,6-9,11-12H2,1-3H3,(H,22,25)/t15-/m1/s1. The van der Waals surface area contributed by atoms with Crippen LogP contribution < -0.4 is 19.7 Å². The summed E-state index contributed by atoms with van der Waals surface area (Å²) in [6.07, 6.45) is 0.396. The predicted molar refractivity (Wildman–Crippen MR) is 114 cm³/mol. The van der Waals surface area contributed by atoms with Gasteiger partial charge in [-0.1, -0.05) is 31.3 Å². The van der Waals surface area contributed by atoms with E-state index in [1.165, 1.54) is 0 Å². The molecule has 1 saturated heterocycles. The molecule has 2 aliphatic rings. The average molecular weight is 418 g/mol. The Morgan fingerprint density at radius 1 is 1.31 bits per heavy atom. The van der Waals surface area contributed by atoms with E-state index in [2.05, 4.69) is 24.1 Å². The molecule has 8 heteroatoms. The number of nitrogens with one attached hydrogen (secondary N) is 1. The largest absolute Gasteiger partial charge is 0.493 e. The SMILES string of the molecule is COc1cc([C@H]2CC(=O)Nc3nc(N4CCOCC4)sc32)ccc1OCC(C)C. The summed E-state index contributed by atoms with van der Waals surface area (Å²) in [6.45, 7) is 7.90. The van der Waals surface area contributed by atoms with E-state index in [4.69, 9.17) is 19.2 Å². The lowest BCUT2D eigenvalue weighted by Gasteiger charge is -2.26. The van der Waals surface area contributed by atoms with E-state index >= 15 is 0 Å². The molecule has 0 unspecified atom stereocenters. The topological polar surface area (TPSA) is 72.9 Å². The van der Waals surface area contributed by atoms with Crippen LogP contribution in [-0.2, 0) is 9.53 Å². The smallest absolute Gasteiger partial charge is 0.226 e. The molecule has 1 aromatic carbocycles. The van der Waals surface area contributed by atoms with Crippen LogP contribution in [0.2, 0.25) is 0 Å². The van der Waals surface area contributed by atoms with Crippen molar-refractivity contribution in [1.29, 1.82) is 0 Å². The van der Waals surface area contributed by atoms with Gasteiger partial charge in [0, 0.05) is 25.4 Å². The molecule has 0 spiro atoms. The van der Waals surface area contributed by atoms with Gasteiger partial charge in [-0.3, -0.25) is 4.79 Å². The van der Waals surface area contributed by atoms with Crippen molar-refractivity contribution in [3.63, 3.8) is 0 Å². The van der Waals surface area contributed by atoms with Gasteiger partial charge in [0.05, 0.1) is 31.8 Å². The fraction of sp³-hybridized carbons (Fsp3) is 0.524. The quantitative estimate of drug-likeness (QED) is 0.776. The molecule has 4 rings (SSSR count). The van der Waals surface area contributed by atoms with Crippen molar-refractivity contribution in [2.45, 2.75) is 26.2 Å². The van der Waals surface area contributed by atoms with Gasteiger partial charge in [-0.15, -0.1) is 0 Å². The number of hydrogen-bond donors (Lipinski definition) is 1. The maximum Gasteiger partial charge on any atom is 0.226 e. The molecule has 156 valence electrons. The van der Waals surface area contributed by atoms with E-state index in [0.29, 0.717) is 43.7 Å². The zero-order valence-electron chi connectivity index (χ0n) is 17.1. The van der Waals surface area contributed by atoms with Gasteiger partial charge in [-0.25, -0.2) is 4.98 Å². The number of amides is 1. The monoisotopic (exact) mass is 417 g/mol. The summed E-state index contributed by atoms with van der Waals surface area (Å²) in [5.74, 6) is 2.47. The minimum atomic E-state index is -0.0425. The molecule has 0 radical (unpaired) electrons. The number of aromatic nitrogens is 1. The molecule has 7 nitrogen and oxygen atoms in total. The molecule has 29 heavy (non-hydrogen) atoms. The van der Waals surface area contributed by atoms with E-state index in [9.17, 15) is 4.79 Å². The highest BCUT2D eigenvalue weighted by atomic mass is 32.1. The van der Waals surface area contributed by atoms with Crippen LogP contribution in [0.3, 0.4) is 0 Å². The highest BCUT2D eigenvalue weighted by Crippen LogP contribution is 2.44. The van der Waals surface area contributed by atoms with E-state index in [1.807, 2.05) is 18.2 Å². The number of nitrogens with zero attached hydrogens (tertiary/aromatic N) is 2. The van der Waals surface area contributed by atoms with Crippen LogP contribution in [0, 0.1) is 5.92 Å². The number of rotatable bonds is 6. The number of anilines is 2. The van der Waals surface area contributed by atoms with Crippen LogP contribution in [0.15, 0.2) is 18.2 Å². The van der Waals surface area contributed by atoms with Crippen molar-refractivity contribution in [3.8, 4) is 11.5 Å². The zero-order chi connectivity index (χ0) is 20.4. The van der Waals surface area contributed by atoms with Gasteiger partial charge in [0.1, 0.15) is 5.82 Å². The second kappa shape index (κ2) is 8.59. The molecule has 1 N–H and O–H groups in total. The Balaban J connectivity index is 1.63. The number of morpholine rings is 1. The maximum absolute atomic E-state index is 12.4. The van der Waals surface area contributed by atoms with Gasteiger partial charge in [0.25, 0.3) is 0 Å². The second-order valence-corrected chi connectivity index (χ2v) is 8.74. The number of thiazole rings is 1. The summed E-state index contributed by atoms with van der Waals surface area (Å²) in [6, 6.07) is 5.95. The fourth-order valence-corrected chi connectivity index (χ4v) is 4.74. The number of methoxy groups -OCH3 is 1. The van der Waals surface area contributed by atoms with Crippen LogP contribution in [0.4, 0.5) is 10.9 Å². The summed E-state index contributed by atoms with van der Waals surface area (Å²) in [4.78, 5) is 20.4. The van der Waals surface area contributed by atoms with Crippen molar-refractivity contribution in [2.75, 3.05) is 50.2 Å². The van der Waals surface area contributed by atoms with Crippen LogP contribution in [0.1, 0.15) is 36.6 Å². The Hall–Kier alpha value is -2.32. The van der Waals surface area contributed by atoms with Gasteiger partial charge in [-0.05, 0) is 23.6 Å². The van der Waals surface area contributed by atoms with Crippen LogP contribution in [0.5, 0.6) is 11.5 Å². The number of benzene rings is 1. The molecule has 1 atom stereocenters. The lowest BCUT2D eigenvalue weighted by Crippen LogP contribution is -2.36. The third-order valence-corrected chi connectivity index (χ3v) is 6.28. The lowest BCUT2D eigenvalue weighted by molar-refractivity contribution is -0.116. The number of hydrogen-bond acceptors (Lipinski definition) is 7. The van der Waals surface area contributed by atoms with Crippen molar-refractivity contribution in [1.82, 2.24) is 4.98 Å². The summed E-state index contributed by atoms with van der Waals surface area (Å²) in [7, 11) is 1.64. The fourth-order valence-electron chi connectivity index (χ4n) is 3.54. The molecule has 1 amide bonds. The Morgan fingerprint density at radius 2 is 2.10 bits per heavy atom. The minimum absolute atomic E-state index is 0.0135. The molecular weight excluding hydrogens is 390 g/mol. The first-order valence-corrected chi connectivity index (χ1v) is 10.8.